The van der Waals surface area contributed by atoms with E-state index in [0.717, 1.165) is 18.4 Å². The van der Waals surface area contributed by atoms with E-state index in [2.05, 4.69) is 11.4 Å². The summed E-state index contributed by atoms with van der Waals surface area (Å²) in [5.41, 5.74) is 2.33. The zero-order chi connectivity index (χ0) is 13.9. The van der Waals surface area contributed by atoms with Crippen LogP contribution in [0.4, 0.5) is 0 Å². The first-order chi connectivity index (χ1) is 9.79. The van der Waals surface area contributed by atoms with Gasteiger partial charge in [0.05, 0.1) is 12.3 Å². The van der Waals surface area contributed by atoms with Crippen LogP contribution in [-0.2, 0) is 6.42 Å². The summed E-state index contributed by atoms with van der Waals surface area (Å²) in [6, 6.07) is 11.2. The van der Waals surface area contributed by atoms with E-state index < -0.39 is 0 Å². The van der Waals surface area contributed by atoms with Crippen molar-refractivity contribution in [3.63, 3.8) is 0 Å². The van der Waals surface area contributed by atoms with Crippen molar-refractivity contribution in [2.75, 3.05) is 6.61 Å². The molecule has 2 aromatic rings. The fraction of sp³-hybridized carbons (Fsp3) is 0.312. The summed E-state index contributed by atoms with van der Waals surface area (Å²) < 4.78 is 5.12. The van der Waals surface area contributed by atoms with Crippen molar-refractivity contribution in [3.05, 3.63) is 59.5 Å². The maximum Gasteiger partial charge on any atom is 0.287 e. The molecule has 0 radical (unpaired) electrons. The molecule has 1 aliphatic carbocycles. The Labute approximate surface area is 117 Å². The van der Waals surface area contributed by atoms with Crippen LogP contribution >= 0.6 is 0 Å². The zero-order valence-corrected chi connectivity index (χ0v) is 11.1. The SMILES string of the molecule is O=C(N[C@@H]1c2ccccc2CC[C@H]1CO)c1ccco1. The summed E-state index contributed by atoms with van der Waals surface area (Å²) in [6.07, 6.45) is 3.29. The Hall–Kier alpha value is -2.07. The standard InChI is InChI=1S/C16H17NO3/c18-10-12-8-7-11-4-1-2-5-13(11)15(12)17-16(19)14-6-3-9-20-14/h1-6,9,12,15,18H,7-8,10H2,(H,17,19)/t12-,15-/m0/s1. The van der Waals surface area contributed by atoms with Crippen LogP contribution in [0.15, 0.2) is 47.1 Å². The number of hydrogen-bond donors (Lipinski definition) is 2. The van der Waals surface area contributed by atoms with Gasteiger partial charge >= 0.3 is 0 Å². The first-order valence-corrected chi connectivity index (χ1v) is 6.82. The second-order valence-electron chi connectivity index (χ2n) is 5.11. The van der Waals surface area contributed by atoms with Crippen LogP contribution in [0.5, 0.6) is 0 Å². The second kappa shape index (κ2) is 5.51. The average molecular weight is 271 g/mol. The normalized spacial score (nSPS) is 21.2. The van der Waals surface area contributed by atoms with Crippen molar-refractivity contribution in [2.45, 2.75) is 18.9 Å². The van der Waals surface area contributed by atoms with E-state index in [4.69, 9.17) is 4.42 Å². The molecule has 4 heteroatoms. The number of nitrogens with one attached hydrogen (secondary N) is 1. The molecular formula is C16H17NO3. The number of furan rings is 1. The van der Waals surface area contributed by atoms with Gasteiger partial charge in [0.1, 0.15) is 0 Å². The monoisotopic (exact) mass is 271 g/mol. The van der Waals surface area contributed by atoms with Crippen LogP contribution in [-0.4, -0.2) is 17.6 Å². The topological polar surface area (TPSA) is 62.5 Å². The lowest BCUT2D eigenvalue weighted by atomic mass is 9.80. The van der Waals surface area contributed by atoms with Gasteiger partial charge in [-0.2, -0.15) is 0 Å². The Balaban J connectivity index is 1.87. The van der Waals surface area contributed by atoms with E-state index in [0.29, 0.717) is 5.76 Å². The highest BCUT2D eigenvalue weighted by Crippen LogP contribution is 2.34. The van der Waals surface area contributed by atoms with Crippen molar-refractivity contribution in [1.82, 2.24) is 5.32 Å². The molecule has 1 aromatic carbocycles. The minimum absolute atomic E-state index is 0.0452. The molecule has 1 heterocycles. The molecule has 20 heavy (non-hydrogen) atoms. The van der Waals surface area contributed by atoms with Gasteiger partial charge < -0.3 is 14.8 Å². The number of aryl methyl sites for hydroxylation is 1. The summed E-state index contributed by atoms with van der Waals surface area (Å²) in [6.45, 7) is 0.0669. The maximum absolute atomic E-state index is 12.2. The molecule has 0 fully saturated rings. The molecule has 0 saturated carbocycles. The molecule has 1 amide bonds. The maximum atomic E-state index is 12.2. The molecule has 0 spiro atoms. The van der Waals surface area contributed by atoms with Gasteiger partial charge in [-0.3, -0.25) is 4.79 Å². The van der Waals surface area contributed by atoms with Crippen LogP contribution in [0.2, 0.25) is 0 Å². The summed E-state index contributed by atoms with van der Waals surface area (Å²) in [7, 11) is 0. The molecule has 2 N–H and O–H groups in total. The van der Waals surface area contributed by atoms with E-state index in [9.17, 15) is 9.90 Å². The van der Waals surface area contributed by atoms with E-state index in [1.165, 1.54) is 11.8 Å². The van der Waals surface area contributed by atoms with Gasteiger partial charge in [-0.25, -0.2) is 0 Å². The van der Waals surface area contributed by atoms with Gasteiger partial charge in [0, 0.05) is 12.5 Å². The minimum atomic E-state index is -0.241. The Kier molecular flexibility index (Phi) is 3.56. The first-order valence-electron chi connectivity index (χ1n) is 6.82. The van der Waals surface area contributed by atoms with Crippen molar-refractivity contribution in [1.29, 1.82) is 0 Å². The van der Waals surface area contributed by atoms with Crippen molar-refractivity contribution < 1.29 is 14.3 Å². The first kappa shape index (κ1) is 12.9. The molecular weight excluding hydrogens is 254 g/mol. The van der Waals surface area contributed by atoms with E-state index in [1.807, 2.05) is 18.2 Å². The van der Waals surface area contributed by atoms with E-state index in [1.54, 1.807) is 12.1 Å². The molecule has 0 bridgehead atoms. The highest BCUT2D eigenvalue weighted by molar-refractivity contribution is 5.91. The number of aliphatic hydroxyl groups excluding tert-OH is 1. The number of rotatable bonds is 3. The van der Waals surface area contributed by atoms with Gasteiger partial charge in [0.15, 0.2) is 5.76 Å². The number of aliphatic hydroxyl groups is 1. The molecule has 0 aliphatic heterocycles. The third-order valence-corrected chi connectivity index (χ3v) is 3.91. The Morgan fingerprint density at radius 1 is 1.30 bits per heavy atom. The lowest BCUT2D eigenvalue weighted by Crippen LogP contribution is -2.37. The average Bonchev–Trinajstić information content (AvgIpc) is 3.02. The summed E-state index contributed by atoms with van der Waals surface area (Å²) in [5.74, 6) is 0.101. The Bertz CT molecular complexity index is 592. The Morgan fingerprint density at radius 2 is 2.15 bits per heavy atom. The highest BCUT2D eigenvalue weighted by Gasteiger charge is 2.30. The molecule has 1 aliphatic rings. The summed E-state index contributed by atoms with van der Waals surface area (Å²) in [5, 5.41) is 12.5. The highest BCUT2D eigenvalue weighted by atomic mass is 16.3. The van der Waals surface area contributed by atoms with Gasteiger partial charge in [-0.05, 0) is 36.1 Å². The molecule has 1 aromatic heterocycles. The fourth-order valence-electron chi connectivity index (χ4n) is 2.84. The smallest absolute Gasteiger partial charge is 0.287 e. The third kappa shape index (κ3) is 2.34. The van der Waals surface area contributed by atoms with E-state index in [-0.39, 0.29) is 24.5 Å². The van der Waals surface area contributed by atoms with Gasteiger partial charge in [0.2, 0.25) is 0 Å². The zero-order valence-electron chi connectivity index (χ0n) is 11.1. The predicted molar refractivity (Wildman–Crippen MR) is 74.3 cm³/mol. The van der Waals surface area contributed by atoms with E-state index >= 15 is 0 Å². The minimum Gasteiger partial charge on any atom is -0.459 e. The summed E-state index contributed by atoms with van der Waals surface area (Å²) >= 11 is 0. The number of benzene rings is 1. The second-order valence-corrected chi connectivity index (χ2v) is 5.11. The molecule has 2 atom stereocenters. The van der Waals surface area contributed by atoms with Gasteiger partial charge in [-0.1, -0.05) is 24.3 Å². The third-order valence-electron chi connectivity index (χ3n) is 3.91. The molecule has 0 unspecified atom stereocenters. The van der Waals surface area contributed by atoms with Crippen LogP contribution in [0.1, 0.15) is 34.1 Å². The van der Waals surface area contributed by atoms with Crippen molar-refractivity contribution >= 4 is 5.91 Å². The van der Waals surface area contributed by atoms with Crippen LogP contribution < -0.4 is 5.32 Å². The van der Waals surface area contributed by atoms with Gasteiger partial charge in [0.25, 0.3) is 5.91 Å². The summed E-state index contributed by atoms with van der Waals surface area (Å²) in [4.78, 5) is 12.2. The molecule has 104 valence electrons. The van der Waals surface area contributed by atoms with Crippen LogP contribution in [0, 0.1) is 5.92 Å². The number of carbonyl (C=O) groups is 1. The number of carbonyl (C=O) groups excluding carboxylic acids is 1. The lowest BCUT2D eigenvalue weighted by molar-refractivity contribution is 0.0865. The number of amides is 1. The van der Waals surface area contributed by atoms with Crippen molar-refractivity contribution in [3.8, 4) is 0 Å². The molecule has 4 nitrogen and oxygen atoms in total. The lowest BCUT2D eigenvalue weighted by Gasteiger charge is -2.33. The van der Waals surface area contributed by atoms with Gasteiger partial charge in [-0.15, -0.1) is 0 Å². The number of hydrogen-bond acceptors (Lipinski definition) is 3. The molecule has 3 rings (SSSR count). The Morgan fingerprint density at radius 3 is 2.90 bits per heavy atom. The fourth-order valence-corrected chi connectivity index (χ4v) is 2.84. The molecule has 0 saturated heterocycles. The van der Waals surface area contributed by atoms with Crippen LogP contribution in [0.25, 0.3) is 0 Å². The predicted octanol–water partition coefficient (Wildman–Crippen LogP) is 2.31. The van der Waals surface area contributed by atoms with Crippen LogP contribution in [0.3, 0.4) is 0 Å². The largest absolute Gasteiger partial charge is 0.459 e. The quantitative estimate of drug-likeness (QED) is 0.900. The number of fused-ring (bicyclic) bond motifs is 1. The van der Waals surface area contributed by atoms with Crippen molar-refractivity contribution in [2.24, 2.45) is 5.92 Å².